The van der Waals surface area contributed by atoms with Crippen molar-refractivity contribution in [2.75, 3.05) is 0 Å². The predicted octanol–water partition coefficient (Wildman–Crippen LogP) is 0.354. The van der Waals surface area contributed by atoms with Crippen molar-refractivity contribution in [2.45, 2.75) is 45.8 Å². The number of hydrogen-bond acceptors (Lipinski definition) is 3. The predicted molar refractivity (Wildman–Crippen MR) is 70.2 cm³/mol. The van der Waals surface area contributed by atoms with E-state index in [0.717, 1.165) is 11.4 Å². The van der Waals surface area contributed by atoms with E-state index < -0.39 is 6.04 Å². The fraction of sp³-hybridized carbons (Fsp3) is 0.615. The van der Waals surface area contributed by atoms with Gasteiger partial charge in [0.05, 0.1) is 17.9 Å². The van der Waals surface area contributed by atoms with E-state index in [0.29, 0.717) is 13.0 Å². The number of nitrogens with one attached hydrogen (secondary N) is 1. The molecule has 1 fully saturated rings. The van der Waals surface area contributed by atoms with E-state index in [4.69, 9.17) is 0 Å². The Labute approximate surface area is 112 Å². The van der Waals surface area contributed by atoms with Crippen LogP contribution in [-0.4, -0.2) is 38.6 Å². The molecule has 2 heterocycles. The number of hydrogen-bond donors (Lipinski definition) is 1. The second kappa shape index (κ2) is 5.03. The zero-order valence-electron chi connectivity index (χ0n) is 11.8. The number of carbonyl (C=O) groups excluding carboxylic acids is 2. The minimum Gasteiger partial charge on any atom is -0.345 e. The number of aromatic nitrogens is 2. The average molecular weight is 264 g/mol. The summed E-state index contributed by atoms with van der Waals surface area (Å²) in [5, 5.41) is 6.99. The summed E-state index contributed by atoms with van der Waals surface area (Å²) in [5.41, 5.74) is 1.90. The fourth-order valence-electron chi connectivity index (χ4n) is 2.43. The molecule has 2 amide bonds. The molecule has 0 bridgehead atoms. The summed E-state index contributed by atoms with van der Waals surface area (Å²) in [5.74, 6) is -0.116. The highest BCUT2D eigenvalue weighted by Crippen LogP contribution is 2.15. The molecule has 1 N–H and O–H groups in total. The van der Waals surface area contributed by atoms with Crippen molar-refractivity contribution in [1.29, 1.82) is 0 Å². The van der Waals surface area contributed by atoms with Crippen LogP contribution in [0.25, 0.3) is 0 Å². The Morgan fingerprint density at radius 1 is 1.42 bits per heavy atom. The van der Waals surface area contributed by atoms with Gasteiger partial charge in [0.1, 0.15) is 6.04 Å². The van der Waals surface area contributed by atoms with Crippen LogP contribution in [0.2, 0.25) is 0 Å². The molecule has 0 saturated carbocycles. The SMILES string of the molecule is Cc1cc(CN2C(=O)C(C)NC(=O)CC2C)n(C)n1. The first-order valence-electron chi connectivity index (χ1n) is 6.48. The molecule has 19 heavy (non-hydrogen) atoms. The molecule has 1 aromatic rings. The van der Waals surface area contributed by atoms with Gasteiger partial charge in [-0.25, -0.2) is 0 Å². The largest absolute Gasteiger partial charge is 0.345 e. The van der Waals surface area contributed by atoms with Gasteiger partial charge in [-0.15, -0.1) is 0 Å². The van der Waals surface area contributed by atoms with E-state index in [1.54, 1.807) is 16.5 Å². The monoisotopic (exact) mass is 264 g/mol. The van der Waals surface area contributed by atoms with Gasteiger partial charge < -0.3 is 10.2 Å². The van der Waals surface area contributed by atoms with E-state index in [1.165, 1.54) is 0 Å². The Hall–Kier alpha value is -1.85. The van der Waals surface area contributed by atoms with Crippen molar-refractivity contribution >= 4 is 11.8 Å². The Morgan fingerprint density at radius 3 is 2.68 bits per heavy atom. The van der Waals surface area contributed by atoms with Crippen LogP contribution in [0.15, 0.2) is 6.07 Å². The highest BCUT2D eigenvalue weighted by Gasteiger charge is 2.31. The van der Waals surface area contributed by atoms with Crippen LogP contribution in [0.1, 0.15) is 31.7 Å². The number of nitrogens with zero attached hydrogens (tertiary/aromatic N) is 3. The van der Waals surface area contributed by atoms with E-state index in [1.807, 2.05) is 27.0 Å². The van der Waals surface area contributed by atoms with Crippen LogP contribution in [0, 0.1) is 6.92 Å². The lowest BCUT2D eigenvalue weighted by Crippen LogP contribution is -2.44. The van der Waals surface area contributed by atoms with Crippen LogP contribution >= 0.6 is 0 Å². The van der Waals surface area contributed by atoms with E-state index in [2.05, 4.69) is 10.4 Å². The third kappa shape index (κ3) is 2.77. The molecule has 0 spiro atoms. The molecule has 0 radical (unpaired) electrons. The van der Waals surface area contributed by atoms with Crippen LogP contribution in [0.3, 0.4) is 0 Å². The van der Waals surface area contributed by atoms with Gasteiger partial charge in [-0.1, -0.05) is 0 Å². The molecule has 104 valence electrons. The van der Waals surface area contributed by atoms with Gasteiger partial charge in [0.15, 0.2) is 0 Å². The standard InChI is InChI=1S/C13H20N4O2/c1-8-5-11(16(4)15-8)7-17-9(2)6-12(18)14-10(3)13(17)19/h5,9-10H,6-7H2,1-4H3,(H,14,18). The first kappa shape index (κ1) is 13.6. The highest BCUT2D eigenvalue weighted by molar-refractivity contribution is 5.90. The molecular formula is C13H20N4O2. The lowest BCUT2D eigenvalue weighted by atomic mass is 10.2. The van der Waals surface area contributed by atoms with E-state index >= 15 is 0 Å². The van der Waals surface area contributed by atoms with Gasteiger partial charge in [-0.05, 0) is 26.8 Å². The van der Waals surface area contributed by atoms with Crippen molar-refractivity contribution in [1.82, 2.24) is 20.0 Å². The Balaban J connectivity index is 2.23. The molecule has 1 aliphatic heterocycles. The van der Waals surface area contributed by atoms with Crippen LogP contribution in [0.4, 0.5) is 0 Å². The quantitative estimate of drug-likeness (QED) is 0.838. The normalized spacial score (nSPS) is 24.3. The molecule has 2 rings (SSSR count). The van der Waals surface area contributed by atoms with Gasteiger partial charge >= 0.3 is 0 Å². The van der Waals surface area contributed by atoms with Gasteiger partial charge in [-0.2, -0.15) is 5.10 Å². The van der Waals surface area contributed by atoms with Crippen LogP contribution in [-0.2, 0) is 23.2 Å². The molecule has 6 nitrogen and oxygen atoms in total. The lowest BCUT2D eigenvalue weighted by Gasteiger charge is -2.27. The van der Waals surface area contributed by atoms with Gasteiger partial charge in [0, 0.05) is 19.5 Å². The number of rotatable bonds is 2. The molecule has 2 atom stereocenters. The first-order chi connectivity index (χ1) is 8.88. The lowest BCUT2D eigenvalue weighted by molar-refractivity contribution is -0.135. The molecule has 1 saturated heterocycles. The molecule has 1 aromatic heterocycles. The van der Waals surface area contributed by atoms with Crippen molar-refractivity contribution in [3.8, 4) is 0 Å². The van der Waals surface area contributed by atoms with E-state index in [9.17, 15) is 9.59 Å². The van der Waals surface area contributed by atoms with Gasteiger partial charge in [-0.3, -0.25) is 14.3 Å². The summed E-state index contributed by atoms with van der Waals surface area (Å²) in [6, 6.07) is 1.39. The van der Waals surface area contributed by atoms with Gasteiger partial charge in [0.2, 0.25) is 11.8 Å². The van der Waals surface area contributed by atoms with Crippen molar-refractivity contribution < 1.29 is 9.59 Å². The van der Waals surface area contributed by atoms with Gasteiger partial charge in [0.25, 0.3) is 0 Å². The van der Waals surface area contributed by atoms with Crippen molar-refractivity contribution in [3.63, 3.8) is 0 Å². The number of carbonyl (C=O) groups is 2. The van der Waals surface area contributed by atoms with E-state index in [-0.39, 0.29) is 17.9 Å². The molecular weight excluding hydrogens is 244 g/mol. The zero-order valence-corrected chi connectivity index (χ0v) is 11.8. The molecule has 1 aliphatic rings. The van der Waals surface area contributed by atoms with Crippen LogP contribution in [0.5, 0.6) is 0 Å². The summed E-state index contributed by atoms with van der Waals surface area (Å²) in [6.45, 7) is 6.03. The molecule has 6 heteroatoms. The Kier molecular flexibility index (Phi) is 3.59. The number of aryl methyl sites for hydroxylation is 2. The highest BCUT2D eigenvalue weighted by atomic mass is 16.2. The topological polar surface area (TPSA) is 67.2 Å². The average Bonchev–Trinajstić information content (AvgIpc) is 2.58. The summed E-state index contributed by atoms with van der Waals surface area (Å²) in [4.78, 5) is 25.7. The maximum atomic E-state index is 12.3. The molecule has 2 unspecified atom stereocenters. The Morgan fingerprint density at radius 2 is 2.11 bits per heavy atom. The molecule has 0 aliphatic carbocycles. The minimum absolute atomic E-state index is 0.0443. The number of amides is 2. The Bertz CT molecular complexity index is 509. The smallest absolute Gasteiger partial charge is 0.245 e. The minimum atomic E-state index is -0.466. The summed E-state index contributed by atoms with van der Waals surface area (Å²) in [7, 11) is 1.86. The summed E-state index contributed by atoms with van der Waals surface area (Å²) >= 11 is 0. The second-order valence-electron chi connectivity index (χ2n) is 5.21. The maximum absolute atomic E-state index is 12.3. The van der Waals surface area contributed by atoms with Crippen molar-refractivity contribution in [3.05, 3.63) is 17.5 Å². The van der Waals surface area contributed by atoms with Crippen molar-refractivity contribution in [2.24, 2.45) is 7.05 Å². The zero-order chi connectivity index (χ0) is 14.2. The third-order valence-corrected chi connectivity index (χ3v) is 3.48. The first-order valence-corrected chi connectivity index (χ1v) is 6.48. The summed E-state index contributed by atoms with van der Waals surface area (Å²) in [6.07, 6.45) is 0.340. The summed E-state index contributed by atoms with van der Waals surface area (Å²) < 4.78 is 1.78. The molecule has 0 aromatic carbocycles. The maximum Gasteiger partial charge on any atom is 0.245 e. The van der Waals surface area contributed by atoms with Crippen LogP contribution < -0.4 is 5.32 Å². The third-order valence-electron chi connectivity index (χ3n) is 3.48. The second-order valence-corrected chi connectivity index (χ2v) is 5.21. The fourth-order valence-corrected chi connectivity index (χ4v) is 2.43.